The minimum absolute atomic E-state index is 0.118. The summed E-state index contributed by atoms with van der Waals surface area (Å²) in [6, 6.07) is 9.05. The number of urea groups is 1. The number of carbonyl (C=O) groups is 1. The Morgan fingerprint density at radius 1 is 1.03 bits per heavy atom. The van der Waals surface area contributed by atoms with Crippen molar-refractivity contribution < 1.29 is 14.3 Å². The molecule has 2 amide bonds. The fourth-order valence-electron chi connectivity index (χ4n) is 3.99. The lowest BCUT2D eigenvalue weighted by Gasteiger charge is -2.35. The van der Waals surface area contributed by atoms with Crippen molar-refractivity contribution in [2.24, 2.45) is 0 Å². The van der Waals surface area contributed by atoms with Crippen molar-refractivity contribution in [3.05, 3.63) is 46.7 Å². The van der Waals surface area contributed by atoms with E-state index in [1.165, 1.54) is 44.2 Å². The van der Waals surface area contributed by atoms with Gasteiger partial charge in [0.05, 0.1) is 19.9 Å². The number of likely N-dealkylation sites (N-methyl/N-ethyl adjacent to an activating group) is 1. The second-order valence-electron chi connectivity index (χ2n) is 8.48. The number of rotatable bonds is 8. The number of benzene rings is 2. The maximum Gasteiger partial charge on any atom is 0.328 e. The molecule has 0 spiro atoms. The quantitative estimate of drug-likeness (QED) is 0.403. The zero-order chi connectivity index (χ0) is 27.2. The molecule has 1 aliphatic rings. The molecule has 0 saturated carbocycles. The summed E-state index contributed by atoms with van der Waals surface area (Å²) in [5.74, 6) is 1.00. The fraction of sp³-hybridized carbons (Fsp3) is 0.360. The van der Waals surface area contributed by atoms with Crippen molar-refractivity contribution in [3.8, 4) is 11.5 Å². The van der Waals surface area contributed by atoms with Gasteiger partial charge in [-0.3, -0.25) is 4.90 Å². The SMILES string of the molecule is CCN1CCN(c2ccc(Nc3ncnc(N(C)C(=O)Nc4c(Cl)c(OC)cc(OC)c4Cl)n3)cc2)CC1. The van der Waals surface area contributed by atoms with E-state index in [2.05, 4.69) is 54.4 Å². The number of halogens is 2. The monoisotopic (exact) mass is 560 g/mol. The molecule has 202 valence electrons. The summed E-state index contributed by atoms with van der Waals surface area (Å²) in [6.45, 7) is 7.41. The Morgan fingerprint density at radius 2 is 1.66 bits per heavy atom. The minimum Gasteiger partial charge on any atom is -0.495 e. The number of ether oxygens (including phenoxy) is 2. The van der Waals surface area contributed by atoms with E-state index in [9.17, 15) is 4.79 Å². The van der Waals surface area contributed by atoms with Gasteiger partial charge in [-0.15, -0.1) is 0 Å². The van der Waals surface area contributed by atoms with Gasteiger partial charge >= 0.3 is 6.03 Å². The lowest BCUT2D eigenvalue weighted by Crippen LogP contribution is -2.46. The molecule has 2 aromatic carbocycles. The van der Waals surface area contributed by atoms with E-state index in [0.717, 1.165) is 38.4 Å². The molecule has 1 aromatic heterocycles. The summed E-state index contributed by atoms with van der Waals surface area (Å²) in [6.07, 6.45) is 1.32. The number of piperazine rings is 1. The summed E-state index contributed by atoms with van der Waals surface area (Å²) < 4.78 is 10.5. The third-order valence-corrected chi connectivity index (χ3v) is 7.03. The first-order valence-corrected chi connectivity index (χ1v) is 12.8. The van der Waals surface area contributed by atoms with Crippen LogP contribution in [0.3, 0.4) is 0 Å². The molecule has 13 heteroatoms. The molecule has 0 aliphatic carbocycles. The Morgan fingerprint density at radius 3 is 2.24 bits per heavy atom. The first-order valence-electron chi connectivity index (χ1n) is 12.0. The molecule has 3 aromatic rings. The van der Waals surface area contributed by atoms with Gasteiger partial charge in [0.15, 0.2) is 0 Å². The van der Waals surface area contributed by atoms with E-state index in [4.69, 9.17) is 32.7 Å². The lowest BCUT2D eigenvalue weighted by molar-refractivity contribution is 0.257. The van der Waals surface area contributed by atoms with Crippen LogP contribution in [0.25, 0.3) is 0 Å². The van der Waals surface area contributed by atoms with Crippen LogP contribution < -0.4 is 29.9 Å². The van der Waals surface area contributed by atoms with E-state index in [0.29, 0.717) is 11.5 Å². The van der Waals surface area contributed by atoms with Crippen LogP contribution in [0.2, 0.25) is 10.0 Å². The smallest absolute Gasteiger partial charge is 0.328 e. The predicted octanol–water partition coefficient (Wildman–Crippen LogP) is 4.75. The van der Waals surface area contributed by atoms with Crippen LogP contribution in [0.5, 0.6) is 11.5 Å². The normalized spacial score (nSPS) is 13.7. The lowest BCUT2D eigenvalue weighted by atomic mass is 10.2. The van der Waals surface area contributed by atoms with Gasteiger partial charge in [-0.05, 0) is 30.8 Å². The number of carbonyl (C=O) groups excluding carboxylic acids is 1. The van der Waals surface area contributed by atoms with Crippen LogP contribution in [0.1, 0.15) is 6.92 Å². The van der Waals surface area contributed by atoms with Gasteiger partial charge in [0, 0.05) is 50.7 Å². The van der Waals surface area contributed by atoms with Gasteiger partial charge in [-0.25, -0.2) is 14.8 Å². The molecule has 0 bridgehead atoms. The number of hydrogen-bond acceptors (Lipinski definition) is 9. The van der Waals surface area contributed by atoms with Crippen LogP contribution in [0, 0.1) is 0 Å². The Kier molecular flexibility index (Phi) is 8.93. The predicted molar refractivity (Wildman–Crippen MR) is 151 cm³/mol. The summed E-state index contributed by atoms with van der Waals surface area (Å²) in [5.41, 5.74) is 2.13. The van der Waals surface area contributed by atoms with E-state index >= 15 is 0 Å². The molecule has 1 fully saturated rings. The molecule has 1 saturated heterocycles. The molecule has 1 aliphatic heterocycles. The molecule has 4 rings (SSSR count). The van der Waals surface area contributed by atoms with Gasteiger partial charge < -0.3 is 29.9 Å². The molecule has 2 N–H and O–H groups in total. The number of aromatic nitrogens is 3. The summed E-state index contributed by atoms with van der Waals surface area (Å²) >= 11 is 12.7. The van der Waals surface area contributed by atoms with Gasteiger partial charge in [0.1, 0.15) is 27.9 Å². The second-order valence-corrected chi connectivity index (χ2v) is 9.23. The molecule has 38 heavy (non-hydrogen) atoms. The highest BCUT2D eigenvalue weighted by Crippen LogP contribution is 2.44. The number of hydrogen-bond donors (Lipinski definition) is 2. The Balaban J connectivity index is 1.44. The minimum atomic E-state index is -0.575. The van der Waals surface area contributed by atoms with E-state index < -0.39 is 6.03 Å². The second kappa shape index (κ2) is 12.3. The number of nitrogens with zero attached hydrogens (tertiary/aromatic N) is 6. The van der Waals surface area contributed by atoms with Crippen molar-refractivity contribution in [1.82, 2.24) is 19.9 Å². The first-order chi connectivity index (χ1) is 18.3. The maximum atomic E-state index is 13.0. The van der Waals surface area contributed by atoms with Crippen LogP contribution in [0.4, 0.5) is 33.8 Å². The van der Waals surface area contributed by atoms with Gasteiger partial charge in [0.25, 0.3) is 0 Å². The standard InChI is InChI=1S/C25H30Cl2N8O3/c1-5-34-10-12-35(13-11-34)17-8-6-16(7-9-17)30-23-28-15-29-24(32-23)33(2)25(36)31-22-20(26)18(37-3)14-19(38-4)21(22)27/h6-9,14-15H,5,10-13H2,1-4H3,(H,31,36)(H,28,29,30,32). The number of amides is 2. The van der Waals surface area contributed by atoms with Gasteiger partial charge in [-0.1, -0.05) is 30.1 Å². The third-order valence-electron chi connectivity index (χ3n) is 6.28. The molecular formula is C25H30Cl2N8O3. The largest absolute Gasteiger partial charge is 0.495 e. The molecule has 0 atom stereocenters. The van der Waals surface area contributed by atoms with E-state index in [-0.39, 0.29) is 27.6 Å². The van der Waals surface area contributed by atoms with Crippen molar-refractivity contribution in [2.45, 2.75) is 6.92 Å². The van der Waals surface area contributed by atoms with E-state index in [1.54, 1.807) is 0 Å². The van der Waals surface area contributed by atoms with Crippen molar-refractivity contribution in [3.63, 3.8) is 0 Å². The average molecular weight is 561 g/mol. The van der Waals surface area contributed by atoms with Crippen molar-refractivity contribution in [1.29, 1.82) is 0 Å². The zero-order valence-electron chi connectivity index (χ0n) is 21.7. The highest BCUT2D eigenvalue weighted by Gasteiger charge is 2.22. The van der Waals surface area contributed by atoms with Crippen LogP contribution in [-0.4, -0.2) is 79.9 Å². The van der Waals surface area contributed by atoms with Crippen molar-refractivity contribution >= 4 is 58.2 Å². The summed E-state index contributed by atoms with van der Waals surface area (Å²) in [7, 11) is 4.42. The highest BCUT2D eigenvalue weighted by atomic mass is 35.5. The molecule has 2 heterocycles. The molecule has 0 radical (unpaired) electrons. The molecule has 11 nitrogen and oxygen atoms in total. The fourth-order valence-corrected chi connectivity index (χ4v) is 4.59. The summed E-state index contributed by atoms with van der Waals surface area (Å²) in [4.78, 5) is 31.7. The number of methoxy groups -OCH3 is 2. The topological polar surface area (TPSA) is 108 Å². The highest BCUT2D eigenvalue weighted by molar-refractivity contribution is 6.41. The summed E-state index contributed by atoms with van der Waals surface area (Å²) in [5, 5.41) is 6.10. The van der Waals surface area contributed by atoms with Crippen molar-refractivity contribution in [2.75, 3.05) is 74.4 Å². The molecule has 0 unspecified atom stereocenters. The average Bonchev–Trinajstić information content (AvgIpc) is 2.95. The van der Waals surface area contributed by atoms with Crippen LogP contribution in [-0.2, 0) is 0 Å². The Labute approximate surface area is 231 Å². The van der Waals surface area contributed by atoms with Gasteiger partial charge in [-0.2, -0.15) is 4.98 Å². The number of anilines is 5. The zero-order valence-corrected chi connectivity index (χ0v) is 23.2. The van der Waals surface area contributed by atoms with Gasteiger partial charge in [0.2, 0.25) is 11.9 Å². The maximum absolute atomic E-state index is 13.0. The van der Waals surface area contributed by atoms with Crippen LogP contribution >= 0.6 is 23.2 Å². The van der Waals surface area contributed by atoms with Crippen LogP contribution in [0.15, 0.2) is 36.7 Å². The van der Waals surface area contributed by atoms with E-state index in [1.807, 2.05) is 12.1 Å². The Hall–Kier alpha value is -3.54. The third kappa shape index (κ3) is 6.12. The molecular weight excluding hydrogens is 531 g/mol. The number of nitrogens with one attached hydrogen (secondary N) is 2. The first kappa shape index (κ1) is 27.5. The Bertz CT molecular complexity index is 1240.